The molecule has 0 aliphatic carbocycles. The van der Waals surface area contributed by atoms with Crippen LogP contribution >= 0.6 is 27.3 Å². The number of aromatic carboxylic acids is 1. The lowest BCUT2D eigenvalue weighted by Gasteiger charge is -2.14. The van der Waals surface area contributed by atoms with Crippen molar-refractivity contribution in [2.24, 2.45) is 0 Å². The fourth-order valence-corrected chi connectivity index (χ4v) is 2.95. The van der Waals surface area contributed by atoms with Crippen molar-refractivity contribution in [1.82, 2.24) is 0 Å². The number of thiophene rings is 1. The van der Waals surface area contributed by atoms with Gasteiger partial charge in [0, 0.05) is 14.7 Å². The van der Waals surface area contributed by atoms with Crippen LogP contribution in [-0.2, 0) is 12.8 Å². The molecule has 0 amide bonds. The number of hydrogen-bond donors (Lipinski definition) is 1. The third-order valence-electron chi connectivity index (χ3n) is 2.52. The molecule has 0 unspecified atom stereocenters. The van der Waals surface area contributed by atoms with Gasteiger partial charge >= 0.3 is 12.1 Å². The van der Waals surface area contributed by atoms with Crippen molar-refractivity contribution in [2.75, 3.05) is 0 Å². The predicted molar refractivity (Wildman–Crippen MR) is 74.8 cm³/mol. The molecule has 3 nitrogen and oxygen atoms in total. The van der Waals surface area contributed by atoms with Gasteiger partial charge in [-0.05, 0) is 40.2 Å². The normalized spacial score (nSPS) is 11.4. The Kier molecular flexibility index (Phi) is 4.58. The Morgan fingerprint density at radius 3 is 2.57 bits per heavy atom. The van der Waals surface area contributed by atoms with E-state index in [1.54, 1.807) is 11.4 Å². The molecule has 8 heteroatoms. The van der Waals surface area contributed by atoms with Crippen LogP contribution in [0.2, 0.25) is 0 Å². The number of hydrogen-bond acceptors (Lipinski definition) is 3. The van der Waals surface area contributed by atoms with Gasteiger partial charge in [-0.25, -0.2) is 4.79 Å². The topological polar surface area (TPSA) is 46.5 Å². The second kappa shape index (κ2) is 6.07. The highest BCUT2D eigenvalue weighted by molar-refractivity contribution is 9.10. The first-order valence-electron chi connectivity index (χ1n) is 5.57. The van der Waals surface area contributed by atoms with E-state index in [0.717, 1.165) is 21.5 Å². The molecule has 0 aliphatic rings. The number of benzene rings is 1. The summed E-state index contributed by atoms with van der Waals surface area (Å²) in [7, 11) is 0. The van der Waals surface area contributed by atoms with E-state index in [0.29, 0.717) is 6.07 Å². The van der Waals surface area contributed by atoms with Gasteiger partial charge in [-0.15, -0.1) is 11.3 Å². The summed E-state index contributed by atoms with van der Waals surface area (Å²) in [5, 5.41) is 10.6. The molecule has 2 aromatic rings. The second-order valence-electron chi connectivity index (χ2n) is 4.03. The highest BCUT2D eigenvalue weighted by Crippen LogP contribution is 2.37. The summed E-state index contributed by atoms with van der Waals surface area (Å²) >= 11 is 4.58. The molecular weight excluding hydrogens is 373 g/mol. The Morgan fingerprint density at radius 2 is 2.05 bits per heavy atom. The minimum absolute atomic E-state index is 0.0221. The molecule has 1 aromatic heterocycles. The number of ether oxygens (including phenoxy) is 1. The van der Waals surface area contributed by atoms with Crippen molar-refractivity contribution >= 4 is 33.2 Å². The van der Waals surface area contributed by atoms with Gasteiger partial charge in [0.2, 0.25) is 0 Å². The van der Waals surface area contributed by atoms with Crippen molar-refractivity contribution in [1.29, 1.82) is 0 Å². The Morgan fingerprint density at radius 1 is 1.33 bits per heavy atom. The zero-order valence-electron chi connectivity index (χ0n) is 10.3. The number of rotatable bonds is 4. The van der Waals surface area contributed by atoms with Crippen LogP contribution in [0.25, 0.3) is 0 Å². The predicted octanol–water partition coefficient (Wildman–Crippen LogP) is 4.81. The average molecular weight is 381 g/mol. The standard InChI is InChI=1S/C13H8BrF3O3S/c14-8-4-9(21-6-8)5-20-11-2-1-7(12(18)19)3-10(11)13(15,16)17/h1-4,6H,5H2,(H,18,19). The molecule has 1 aromatic carbocycles. The van der Waals surface area contributed by atoms with E-state index in [1.807, 2.05) is 0 Å². The van der Waals surface area contributed by atoms with Gasteiger partial charge in [0.1, 0.15) is 12.4 Å². The van der Waals surface area contributed by atoms with Gasteiger partial charge in [0.05, 0.1) is 11.1 Å². The van der Waals surface area contributed by atoms with E-state index in [4.69, 9.17) is 9.84 Å². The van der Waals surface area contributed by atoms with Crippen molar-refractivity contribution in [2.45, 2.75) is 12.8 Å². The summed E-state index contributed by atoms with van der Waals surface area (Å²) in [6, 6.07) is 4.41. The van der Waals surface area contributed by atoms with Crippen LogP contribution in [0.5, 0.6) is 5.75 Å². The fourth-order valence-electron chi connectivity index (χ4n) is 1.59. The Labute approximate surface area is 130 Å². The first kappa shape index (κ1) is 15.8. The first-order valence-corrected chi connectivity index (χ1v) is 7.25. The van der Waals surface area contributed by atoms with Crippen LogP contribution in [0.15, 0.2) is 34.1 Å². The Balaban J connectivity index is 2.27. The summed E-state index contributed by atoms with van der Waals surface area (Å²) in [6.07, 6.45) is -4.68. The molecule has 1 heterocycles. The molecule has 0 radical (unpaired) electrons. The van der Waals surface area contributed by atoms with E-state index in [1.165, 1.54) is 11.3 Å². The van der Waals surface area contributed by atoms with Crippen LogP contribution in [0.3, 0.4) is 0 Å². The van der Waals surface area contributed by atoms with Gasteiger partial charge < -0.3 is 9.84 Å². The second-order valence-corrected chi connectivity index (χ2v) is 5.95. The molecule has 0 atom stereocenters. The molecule has 0 saturated heterocycles. The van der Waals surface area contributed by atoms with Crippen LogP contribution in [0.1, 0.15) is 20.8 Å². The van der Waals surface area contributed by atoms with Crippen LogP contribution in [-0.4, -0.2) is 11.1 Å². The molecule has 2 rings (SSSR count). The highest BCUT2D eigenvalue weighted by Gasteiger charge is 2.35. The van der Waals surface area contributed by atoms with E-state index in [-0.39, 0.29) is 6.61 Å². The average Bonchev–Trinajstić information content (AvgIpc) is 2.81. The molecule has 0 aliphatic heterocycles. The largest absolute Gasteiger partial charge is 0.487 e. The highest BCUT2D eigenvalue weighted by atomic mass is 79.9. The molecule has 112 valence electrons. The third-order valence-corrected chi connectivity index (χ3v) is 4.19. The maximum absolute atomic E-state index is 12.9. The number of halogens is 4. The maximum Gasteiger partial charge on any atom is 0.419 e. The summed E-state index contributed by atoms with van der Waals surface area (Å²) in [6.45, 7) is -0.0221. The number of carboxylic acid groups (broad SMARTS) is 1. The Bertz CT molecular complexity index is 667. The summed E-state index contributed by atoms with van der Waals surface area (Å²) < 4.78 is 44.8. The van der Waals surface area contributed by atoms with Crippen LogP contribution < -0.4 is 4.74 Å². The molecule has 21 heavy (non-hydrogen) atoms. The lowest BCUT2D eigenvalue weighted by molar-refractivity contribution is -0.139. The monoisotopic (exact) mass is 380 g/mol. The number of alkyl halides is 3. The van der Waals surface area contributed by atoms with E-state index in [2.05, 4.69) is 15.9 Å². The minimum atomic E-state index is -4.68. The van der Waals surface area contributed by atoms with Crippen LogP contribution in [0.4, 0.5) is 13.2 Å². The van der Waals surface area contributed by atoms with E-state index in [9.17, 15) is 18.0 Å². The van der Waals surface area contributed by atoms with Crippen molar-refractivity contribution in [3.05, 3.63) is 50.1 Å². The summed E-state index contributed by atoms with van der Waals surface area (Å²) in [4.78, 5) is 11.5. The van der Waals surface area contributed by atoms with Crippen molar-refractivity contribution in [3.63, 3.8) is 0 Å². The van der Waals surface area contributed by atoms with Gasteiger partial charge in [0.25, 0.3) is 0 Å². The minimum Gasteiger partial charge on any atom is -0.487 e. The van der Waals surface area contributed by atoms with Gasteiger partial charge in [-0.3, -0.25) is 0 Å². The quantitative estimate of drug-likeness (QED) is 0.827. The molecule has 1 N–H and O–H groups in total. The van der Waals surface area contributed by atoms with Crippen molar-refractivity contribution in [3.8, 4) is 5.75 Å². The smallest absolute Gasteiger partial charge is 0.419 e. The maximum atomic E-state index is 12.9. The van der Waals surface area contributed by atoms with E-state index >= 15 is 0 Å². The van der Waals surface area contributed by atoms with E-state index < -0.39 is 29.0 Å². The lowest BCUT2D eigenvalue weighted by Crippen LogP contribution is -2.10. The SMILES string of the molecule is O=C(O)c1ccc(OCc2cc(Br)cs2)c(C(F)(F)F)c1. The molecule has 0 spiro atoms. The lowest BCUT2D eigenvalue weighted by atomic mass is 10.1. The third kappa shape index (κ3) is 3.98. The summed E-state index contributed by atoms with van der Waals surface area (Å²) in [5.74, 6) is -1.81. The Hall–Kier alpha value is -1.54. The first-order chi connectivity index (χ1) is 9.77. The molecule has 0 fully saturated rings. The molecular formula is C13H8BrF3O3S. The zero-order valence-corrected chi connectivity index (χ0v) is 12.7. The van der Waals surface area contributed by atoms with Crippen LogP contribution in [0, 0.1) is 0 Å². The molecule has 0 bridgehead atoms. The number of carbonyl (C=O) groups is 1. The molecule has 0 saturated carbocycles. The summed E-state index contributed by atoms with van der Waals surface area (Å²) in [5.41, 5.74) is -1.54. The van der Waals surface area contributed by atoms with Gasteiger partial charge in [0.15, 0.2) is 0 Å². The fraction of sp³-hybridized carbons (Fsp3) is 0.154. The number of carboxylic acids is 1. The van der Waals surface area contributed by atoms with Gasteiger partial charge in [-0.1, -0.05) is 0 Å². The van der Waals surface area contributed by atoms with Crippen molar-refractivity contribution < 1.29 is 27.8 Å². The zero-order chi connectivity index (χ0) is 15.6. The van der Waals surface area contributed by atoms with Gasteiger partial charge in [-0.2, -0.15) is 13.2 Å².